The summed E-state index contributed by atoms with van der Waals surface area (Å²) < 4.78 is 12.7. The molecule has 0 aliphatic carbocycles. The first-order valence-corrected chi connectivity index (χ1v) is 3.28. The Morgan fingerprint density at radius 1 is 1.70 bits per heavy atom. The number of alkyl halides is 1. The van der Waals surface area contributed by atoms with Gasteiger partial charge in [0.2, 0.25) is 0 Å². The maximum atomic E-state index is 12.7. The quantitative estimate of drug-likeness (QED) is 0.479. The molecular weight excluding hydrogens is 133 g/mol. The van der Waals surface area contributed by atoms with Gasteiger partial charge in [-0.3, -0.25) is 0 Å². The summed E-state index contributed by atoms with van der Waals surface area (Å²) in [4.78, 5) is 1.40. The molecule has 0 radical (unpaired) electrons. The highest BCUT2D eigenvalue weighted by Crippen LogP contribution is 2.10. The summed E-state index contributed by atoms with van der Waals surface area (Å²) in [6.07, 6.45) is 1.44. The zero-order valence-electron chi connectivity index (χ0n) is 5.63. The van der Waals surface area contributed by atoms with Gasteiger partial charge in [-0.05, 0) is 6.42 Å². The van der Waals surface area contributed by atoms with Crippen LogP contribution in [0.25, 0.3) is 0 Å². The molecule has 1 aliphatic rings. The SMILES string of the molecule is N#CN1CCC(N)C(F)C1. The predicted molar refractivity (Wildman–Crippen MR) is 34.7 cm³/mol. The second-order valence-corrected chi connectivity index (χ2v) is 2.51. The lowest BCUT2D eigenvalue weighted by molar-refractivity contribution is 0.161. The van der Waals surface area contributed by atoms with Crippen molar-refractivity contribution in [2.24, 2.45) is 5.73 Å². The molecule has 0 saturated carbocycles. The Morgan fingerprint density at radius 2 is 2.40 bits per heavy atom. The number of rotatable bonds is 0. The van der Waals surface area contributed by atoms with Gasteiger partial charge < -0.3 is 10.6 Å². The molecule has 56 valence electrons. The molecule has 4 heteroatoms. The fraction of sp³-hybridized carbons (Fsp3) is 0.833. The third-order valence-corrected chi connectivity index (χ3v) is 1.73. The minimum Gasteiger partial charge on any atom is -0.325 e. The van der Waals surface area contributed by atoms with Gasteiger partial charge >= 0.3 is 0 Å². The van der Waals surface area contributed by atoms with Crippen LogP contribution in [-0.4, -0.2) is 30.2 Å². The van der Waals surface area contributed by atoms with Crippen LogP contribution in [-0.2, 0) is 0 Å². The third-order valence-electron chi connectivity index (χ3n) is 1.73. The standard InChI is InChI=1S/C6H10FN3/c7-5-3-10(4-8)2-1-6(5)9/h5-6H,1-3,9H2. The first-order valence-electron chi connectivity index (χ1n) is 3.28. The Balaban J connectivity index is 2.42. The number of nitrogens with two attached hydrogens (primary N) is 1. The Hall–Kier alpha value is -0.820. The van der Waals surface area contributed by atoms with E-state index in [0.717, 1.165) is 0 Å². The van der Waals surface area contributed by atoms with Crippen molar-refractivity contribution in [2.45, 2.75) is 18.6 Å². The normalized spacial score (nSPS) is 33.5. The molecule has 3 nitrogen and oxygen atoms in total. The Labute approximate surface area is 59.2 Å². The van der Waals surface area contributed by atoms with E-state index in [2.05, 4.69) is 0 Å². The summed E-state index contributed by atoms with van der Waals surface area (Å²) in [5, 5.41) is 8.36. The van der Waals surface area contributed by atoms with Gasteiger partial charge in [0.1, 0.15) is 6.17 Å². The smallest absolute Gasteiger partial charge is 0.179 e. The monoisotopic (exact) mass is 143 g/mol. The van der Waals surface area contributed by atoms with Crippen molar-refractivity contribution >= 4 is 0 Å². The van der Waals surface area contributed by atoms with E-state index in [1.54, 1.807) is 0 Å². The van der Waals surface area contributed by atoms with Crippen LogP contribution in [0.15, 0.2) is 0 Å². The van der Waals surface area contributed by atoms with Gasteiger partial charge in [0.25, 0.3) is 0 Å². The van der Waals surface area contributed by atoms with Gasteiger partial charge in [0, 0.05) is 12.6 Å². The highest BCUT2D eigenvalue weighted by Gasteiger charge is 2.25. The minimum absolute atomic E-state index is 0.164. The van der Waals surface area contributed by atoms with Crippen LogP contribution in [0.3, 0.4) is 0 Å². The lowest BCUT2D eigenvalue weighted by Gasteiger charge is -2.28. The topological polar surface area (TPSA) is 53.0 Å². The molecule has 1 fully saturated rings. The molecule has 0 spiro atoms. The van der Waals surface area contributed by atoms with E-state index in [0.29, 0.717) is 13.0 Å². The van der Waals surface area contributed by atoms with Crippen molar-refractivity contribution < 1.29 is 4.39 Å². The van der Waals surface area contributed by atoms with Gasteiger partial charge in [0.15, 0.2) is 6.19 Å². The van der Waals surface area contributed by atoms with Crippen LogP contribution < -0.4 is 5.73 Å². The minimum atomic E-state index is -1.03. The molecule has 0 amide bonds. The Bertz CT molecular complexity index is 154. The van der Waals surface area contributed by atoms with Crippen LogP contribution in [0.5, 0.6) is 0 Å². The molecule has 2 unspecified atom stereocenters. The molecular formula is C6H10FN3. The summed E-state index contributed by atoms with van der Waals surface area (Å²) in [6, 6.07) is -0.371. The zero-order valence-corrected chi connectivity index (χ0v) is 5.63. The van der Waals surface area contributed by atoms with Gasteiger partial charge in [-0.25, -0.2) is 4.39 Å². The zero-order chi connectivity index (χ0) is 7.56. The van der Waals surface area contributed by atoms with Crippen molar-refractivity contribution in [1.29, 1.82) is 5.26 Å². The largest absolute Gasteiger partial charge is 0.325 e. The van der Waals surface area contributed by atoms with Crippen LogP contribution in [0.2, 0.25) is 0 Å². The number of nitrogens with zero attached hydrogens (tertiary/aromatic N) is 2. The Kier molecular flexibility index (Phi) is 2.07. The molecule has 1 aliphatic heterocycles. The first kappa shape index (κ1) is 7.29. The van der Waals surface area contributed by atoms with Gasteiger partial charge in [-0.2, -0.15) is 5.26 Å². The lowest BCUT2D eigenvalue weighted by Crippen LogP contribution is -2.46. The molecule has 1 heterocycles. The fourth-order valence-electron chi connectivity index (χ4n) is 1.01. The number of hydrogen-bond acceptors (Lipinski definition) is 3. The van der Waals surface area contributed by atoms with Crippen molar-refractivity contribution in [3.8, 4) is 6.19 Å². The van der Waals surface area contributed by atoms with Crippen LogP contribution in [0, 0.1) is 11.5 Å². The maximum absolute atomic E-state index is 12.7. The second kappa shape index (κ2) is 2.84. The van der Waals surface area contributed by atoms with Crippen molar-refractivity contribution in [3.05, 3.63) is 0 Å². The van der Waals surface area contributed by atoms with Crippen LogP contribution in [0.4, 0.5) is 4.39 Å². The van der Waals surface area contributed by atoms with Crippen molar-refractivity contribution in [2.75, 3.05) is 13.1 Å². The molecule has 0 bridgehead atoms. The third kappa shape index (κ3) is 1.36. The molecule has 0 aromatic heterocycles. The van der Waals surface area contributed by atoms with E-state index >= 15 is 0 Å². The summed E-state index contributed by atoms with van der Waals surface area (Å²) in [5.74, 6) is 0. The molecule has 1 saturated heterocycles. The van der Waals surface area contributed by atoms with E-state index in [1.807, 2.05) is 6.19 Å². The summed E-state index contributed by atoms with van der Waals surface area (Å²) in [6.45, 7) is 0.760. The van der Waals surface area contributed by atoms with Crippen LogP contribution in [0.1, 0.15) is 6.42 Å². The second-order valence-electron chi connectivity index (χ2n) is 2.51. The highest BCUT2D eigenvalue weighted by atomic mass is 19.1. The van der Waals surface area contributed by atoms with E-state index in [9.17, 15) is 4.39 Å². The van der Waals surface area contributed by atoms with Gasteiger partial charge in [-0.15, -0.1) is 0 Å². The predicted octanol–water partition coefficient (Wildman–Crippen LogP) is -0.161. The molecule has 0 aromatic carbocycles. The number of likely N-dealkylation sites (tertiary alicyclic amines) is 1. The highest BCUT2D eigenvalue weighted by molar-refractivity contribution is 4.88. The average Bonchev–Trinajstić information content (AvgIpc) is 1.95. The first-order chi connectivity index (χ1) is 4.74. The molecule has 1 rings (SSSR count). The molecule has 2 N–H and O–H groups in total. The molecule has 2 atom stereocenters. The number of halogens is 1. The van der Waals surface area contributed by atoms with E-state index in [1.165, 1.54) is 4.90 Å². The van der Waals surface area contributed by atoms with Crippen molar-refractivity contribution in [3.63, 3.8) is 0 Å². The van der Waals surface area contributed by atoms with E-state index in [4.69, 9.17) is 11.0 Å². The number of nitriles is 1. The number of piperidine rings is 1. The van der Waals surface area contributed by atoms with E-state index < -0.39 is 6.17 Å². The summed E-state index contributed by atoms with van der Waals surface area (Å²) >= 11 is 0. The van der Waals surface area contributed by atoms with Gasteiger partial charge in [0.05, 0.1) is 6.54 Å². The van der Waals surface area contributed by atoms with Crippen molar-refractivity contribution in [1.82, 2.24) is 4.90 Å². The number of hydrogen-bond donors (Lipinski definition) is 1. The average molecular weight is 143 g/mol. The summed E-state index contributed by atoms with van der Waals surface area (Å²) in [7, 11) is 0. The molecule has 10 heavy (non-hydrogen) atoms. The summed E-state index contributed by atoms with van der Waals surface area (Å²) in [5.41, 5.74) is 5.38. The maximum Gasteiger partial charge on any atom is 0.179 e. The Morgan fingerprint density at radius 3 is 2.90 bits per heavy atom. The fourth-order valence-corrected chi connectivity index (χ4v) is 1.01. The molecule has 0 aromatic rings. The van der Waals surface area contributed by atoms with Crippen LogP contribution >= 0.6 is 0 Å². The lowest BCUT2D eigenvalue weighted by atomic mass is 10.1. The van der Waals surface area contributed by atoms with E-state index in [-0.39, 0.29) is 12.6 Å². The van der Waals surface area contributed by atoms with Gasteiger partial charge in [-0.1, -0.05) is 0 Å².